The van der Waals surface area contributed by atoms with E-state index >= 15 is 0 Å². The van der Waals surface area contributed by atoms with Crippen LogP contribution in [0.25, 0.3) is 0 Å². The van der Waals surface area contributed by atoms with E-state index in [4.69, 9.17) is 0 Å². The lowest BCUT2D eigenvalue weighted by atomic mass is 9.99. The maximum Gasteiger partial charge on any atom is 0.269 e. The maximum absolute atomic E-state index is 10.9. The van der Waals surface area contributed by atoms with Gasteiger partial charge in [-0.25, -0.2) is 4.98 Å². The number of fused-ring (bicyclic) bond motifs is 1. The third-order valence-electron chi connectivity index (χ3n) is 3.63. The number of rotatable bonds is 3. The first-order chi connectivity index (χ1) is 10.0. The average Bonchev–Trinajstić information content (AvgIpc) is 2.96. The van der Waals surface area contributed by atoms with Gasteiger partial charge in [-0.3, -0.25) is 10.1 Å². The molecule has 6 nitrogen and oxygen atoms in total. The highest BCUT2D eigenvalue weighted by Crippen LogP contribution is 2.29. The molecule has 1 aromatic carbocycles. The molecule has 0 bridgehead atoms. The van der Waals surface area contributed by atoms with Crippen molar-refractivity contribution in [1.29, 1.82) is 0 Å². The molecule has 7 heteroatoms. The van der Waals surface area contributed by atoms with Crippen LogP contribution < -0.4 is 4.90 Å². The molecule has 0 radical (unpaired) electrons. The van der Waals surface area contributed by atoms with Gasteiger partial charge in [0.05, 0.1) is 4.92 Å². The highest BCUT2D eigenvalue weighted by molar-refractivity contribution is 7.09. The molecule has 0 atom stereocenters. The Balaban J connectivity index is 1.85. The number of hydrogen-bond acceptors (Lipinski definition) is 6. The SMILES string of the molecule is CC(C)c1nsc(N2CCc3ccc([N+](=O)[O-])cc3C2)n1. The second-order valence-corrected chi connectivity index (χ2v) is 6.20. The molecule has 1 aliphatic heterocycles. The molecule has 0 unspecified atom stereocenters. The summed E-state index contributed by atoms with van der Waals surface area (Å²) >= 11 is 1.40. The van der Waals surface area contributed by atoms with Crippen LogP contribution in [0.15, 0.2) is 18.2 Å². The molecule has 0 saturated heterocycles. The molecule has 0 fully saturated rings. The molecular formula is C14H16N4O2S. The summed E-state index contributed by atoms with van der Waals surface area (Å²) in [6.07, 6.45) is 0.879. The molecule has 110 valence electrons. The smallest absolute Gasteiger partial charge is 0.269 e. The van der Waals surface area contributed by atoms with Crippen LogP contribution in [0.2, 0.25) is 0 Å². The summed E-state index contributed by atoms with van der Waals surface area (Å²) in [5, 5.41) is 11.8. The van der Waals surface area contributed by atoms with Crippen LogP contribution in [0.4, 0.5) is 10.8 Å². The van der Waals surface area contributed by atoms with Gasteiger partial charge >= 0.3 is 0 Å². The van der Waals surface area contributed by atoms with Gasteiger partial charge in [0, 0.05) is 42.7 Å². The Kier molecular flexibility index (Phi) is 3.59. The third kappa shape index (κ3) is 2.73. The van der Waals surface area contributed by atoms with Crippen molar-refractivity contribution in [2.24, 2.45) is 0 Å². The number of nitro groups is 1. The van der Waals surface area contributed by atoms with Crippen molar-refractivity contribution in [3.05, 3.63) is 45.3 Å². The number of nitrogens with zero attached hydrogens (tertiary/aromatic N) is 4. The van der Waals surface area contributed by atoms with E-state index in [1.165, 1.54) is 17.1 Å². The zero-order valence-corrected chi connectivity index (χ0v) is 12.8. The first-order valence-corrected chi connectivity index (χ1v) is 7.66. The number of anilines is 1. The van der Waals surface area contributed by atoms with E-state index in [0.717, 1.165) is 29.5 Å². The lowest BCUT2D eigenvalue weighted by molar-refractivity contribution is -0.384. The summed E-state index contributed by atoms with van der Waals surface area (Å²) in [5.74, 6) is 1.17. The van der Waals surface area contributed by atoms with Crippen molar-refractivity contribution in [2.45, 2.75) is 32.7 Å². The molecule has 1 aromatic heterocycles. The Bertz CT molecular complexity index is 683. The highest BCUT2D eigenvalue weighted by Gasteiger charge is 2.22. The lowest BCUT2D eigenvalue weighted by Gasteiger charge is -2.27. The molecule has 3 rings (SSSR count). The normalized spacial score (nSPS) is 14.3. The fourth-order valence-corrected chi connectivity index (χ4v) is 3.24. The molecular weight excluding hydrogens is 288 g/mol. The summed E-state index contributed by atoms with van der Waals surface area (Å²) in [4.78, 5) is 17.3. The van der Waals surface area contributed by atoms with Gasteiger partial charge in [-0.1, -0.05) is 19.9 Å². The van der Waals surface area contributed by atoms with Gasteiger partial charge in [0.25, 0.3) is 5.69 Å². The minimum Gasteiger partial charge on any atom is -0.342 e. The van der Waals surface area contributed by atoms with Crippen LogP contribution >= 0.6 is 11.5 Å². The van der Waals surface area contributed by atoms with Gasteiger partial charge in [-0.05, 0) is 17.5 Å². The second kappa shape index (κ2) is 5.40. The second-order valence-electron chi connectivity index (χ2n) is 5.47. The quantitative estimate of drug-likeness (QED) is 0.643. The van der Waals surface area contributed by atoms with E-state index in [0.29, 0.717) is 12.5 Å². The monoisotopic (exact) mass is 304 g/mol. The number of nitro benzene ring substituents is 1. The van der Waals surface area contributed by atoms with Crippen LogP contribution in [-0.2, 0) is 13.0 Å². The van der Waals surface area contributed by atoms with Crippen LogP contribution in [0, 0.1) is 10.1 Å². The standard InChI is InChI=1S/C14H16N4O2S/c1-9(2)13-15-14(21-16-13)17-6-5-10-3-4-12(18(19)20)7-11(10)8-17/h3-4,7,9H,5-6,8H2,1-2H3. The molecule has 0 aliphatic carbocycles. The Hall–Kier alpha value is -2.02. The molecule has 0 N–H and O–H groups in total. The summed E-state index contributed by atoms with van der Waals surface area (Å²) in [7, 11) is 0. The van der Waals surface area contributed by atoms with E-state index in [9.17, 15) is 10.1 Å². The van der Waals surface area contributed by atoms with Crippen molar-refractivity contribution in [1.82, 2.24) is 9.36 Å². The molecule has 0 spiro atoms. The zero-order chi connectivity index (χ0) is 15.0. The Labute approximate surface area is 126 Å². The Morgan fingerprint density at radius 3 is 2.86 bits per heavy atom. The number of non-ortho nitro benzene ring substituents is 1. The average molecular weight is 304 g/mol. The molecule has 2 heterocycles. The van der Waals surface area contributed by atoms with Crippen molar-refractivity contribution in [2.75, 3.05) is 11.4 Å². The summed E-state index contributed by atoms with van der Waals surface area (Å²) in [6, 6.07) is 5.12. The first kappa shape index (κ1) is 13.9. The summed E-state index contributed by atoms with van der Waals surface area (Å²) in [5.41, 5.74) is 2.35. The highest BCUT2D eigenvalue weighted by atomic mass is 32.1. The summed E-state index contributed by atoms with van der Waals surface area (Å²) < 4.78 is 4.37. The van der Waals surface area contributed by atoms with Crippen molar-refractivity contribution >= 4 is 22.4 Å². The first-order valence-electron chi connectivity index (χ1n) is 6.89. The van der Waals surface area contributed by atoms with E-state index in [1.807, 2.05) is 6.07 Å². The van der Waals surface area contributed by atoms with Crippen molar-refractivity contribution < 1.29 is 4.92 Å². The van der Waals surface area contributed by atoms with E-state index in [2.05, 4.69) is 28.1 Å². The van der Waals surface area contributed by atoms with Crippen LogP contribution in [0.1, 0.15) is 36.7 Å². The zero-order valence-electron chi connectivity index (χ0n) is 11.9. The van der Waals surface area contributed by atoms with Crippen molar-refractivity contribution in [3.8, 4) is 0 Å². The lowest BCUT2D eigenvalue weighted by Crippen LogP contribution is -2.30. The fourth-order valence-electron chi connectivity index (χ4n) is 2.41. The van der Waals surface area contributed by atoms with Gasteiger partial charge in [0.2, 0.25) is 5.13 Å². The largest absolute Gasteiger partial charge is 0.342 e. The Morgan fingerprint density at radius 1 is 1.38 bits per heavy atom. The predicted octanol–water partition coefficient (Wildman–Crippen LogP) is 3.13. The van der Waals surface area contributed by atoms with Gasteiger partial charge < -0.3 is 4.90 Å². The number of benzene rings is 1. The third-order valence-corrected chi connectivity index (χ3v) is 4.42. The predicted molar refractivity (Wildman–Crippen MR) is 81.8 cm³/mol. The van der Waals surface area contributed by atoms with Gasteiger partial charge in [0.1, 0.15) is 5.82 Å². The number of hydrogen-bond donors (Lipinski definition) is 0. The van der Waals surface area contributed by atoms with E-state index < -0.39 is 0 Å². The Morgan fingerprint density at radius 2 is 2.19 bits per heavy atom. The van der Waals surface area contributed by atoms with Gasteiger partial charge in [0.15, 0.2) is 0 Å². The summed E-state index contributed by atoms with van der Waals surface area (Å²) in [6.45, 7) is 5.67. The molecule has 0 amide bonds. The topological polar surface area (TPSA) is 72.2 Å². The minimum atomic E-state index is -0.346. The van der Waals surface area contributed by atoms with E-state index in [1.54, 1.807) is 12.1 Å². The van der Waals surface area contributed by atoms with Crippen LogP contribution in [-0.4, -0.2) is 20.8 Å². The molecule has 21 heavy (non-hydrogen) atoms. The van der Waals surface area contributed by atoms with Crippen LogP contribution in [0.5, 0.6) is 0 Å². The number of aromatic nitrogens is 2. The minimum absolute atomic E-state index is 0.149. The van der Waals surface area contributed by atoms with Gasteiger partial charge in [-0.15, -0.1) is 0 Å². The molecule has 1 aliphatic rings. The van der Waals surface area contributed by atoms with Crippen molar-refractivity contribution in [3.63, 3.8) is 0 Å². The maximum atomic E-state index is 10.9. The fraction of sp³-hybridized carbons (Fsp3) is 0.429. The van der Waals surface area contributed by atoms with Gasteiger partial charge in [-0.2, -0.15) is 4.37 Å². The molecule has 2 aromatic rings. The molecule has 0 saturated carbocycles. The van der Waals surface area contributed by atoms with E-state index in [-0.39, 0.29) is 10.6 Å². The van der Waals surface area contributed by atoms with Crippen LogP contribution in [0.3, 0.4) is 0 Å².